The van der Waals surface area contributed by atoms with Gasteiger partial charge in [0, 0.05) is 13.6 Å². The molecule has 2 aliphatic carbocycles. The Labute approximate surface area is 104 Å². The van der Waals surface area contributed by atoms with Gasteiger partial charge < -0.3 is 10.6 Å². The van der Waals surface area contributed by atoms with Crippen LogP contribution < -0.4 is 5.73 Å². The van der Waals surface area contributed by atoms with Gasteiger partial charge >= 0.3 is 0 Å². The third-order valence-corrected chi connectivity index (χ3v) is 3.82. The maximum absolute atomic E-state index is 11.9. The lowest BCUT2D eigenvalue weighted by Gasteiger charge is -2.28. The van der Waals surface area contributed by atoms with Crippen molar-refractivity contribution in [2.24, 2.45) is 11.7 Å². The van der Waals surface area contributed by atoms with Crippen molar-refractivity contribution in [1.29, 1.82) is 0 Å². The molecule has 94 valence electrons. The molecule has 0 aliphatic heterocycles. The van der Waals surface area contributed by atoms with E-state index in [1.165, 1.54) is 32.1 Å². The zero-order chi connectivity index (χ0) is 10.9. The second-order valence-corrected chi connectivity index (χ2v) is 5.35. The largest absolute Gasteiger partial charge is 0.344 e. The van der Waals surface area contributed by atoms with Crippen LogP contribution in [0.25, 0.3) is 0 Å². The number of amides is 1. The molecule has 3 nitrogen and oxygen atoms in total. The number of nitrogens with zero attached hydrogens (tertiary/aromatic N) is 1. The molecular weight excluding hydrogens is 224 g/mol. The van der Waals surface area contributed by atoms with Crippen LogP contribution in [0, 0.1) is 5.92 Å². The van der Waals surface area contributed by atoms with Crippen molar-refractivity contribution in [3.05, 3.63) is 0 Å². The van der Waals surface area contributed by atoms with Crippen LogP contribution in [0.3, 0.4) is 0 Å². The number of rotatable bonds is 3. The van der Waals surface area contributed by atoms with Gasteiger partial charge in [-0.1, -0.05) is 19.3 Å². The first-order valence-electron chi connectivity index (χ1n) is 6.16. The van der Waals surface area contributed by atoms with Crippen LogP contribution in [0.1, 0.15) is 44.9 Å². The molecular formula is C12H23ClN2O. The van der Waals surface area contributed by atoms with E-state index in [1.807, 2.05) is 11.9 Å². The summed E-state index contributed by atoms with van der Waals surface area (Å²) in [6.07, 6.45) is 8.36. The molecule has 0 radical (unpaired) electrons. The predicted octanol–water partition coefficient (Wildman–Crippen LogP) is 1.94. The van der Waals surface area contributed by atoms with Gasteiger partial charge in [-0.05, 0) is 31.6 Å². The van der Waals surface area contributed by atoms with Crippen LogP contribution in [-0.2, 0) is 4.79 Å². The Morgan fingerprint density at radius 2 is 1.88 bits per heavy atom. The van der Waals surface area contributed by atoms with Crippen molar-refractivity contribution >= 4 is 18.3 Å². The topological polar surface area (TPSA) is 46.3 Å². The molecule has 0 spiro atoms. The standard InChI is InChI=1S/C12H22N2O.ClH/c1-14(11(15)12(13)7-8-12)9-10-5-3-2-4-6-10;/h10H,2-9,13H2,1H3;1H. The van der Waals surface area contributed by atoms with Crippen molar-refractivity contribution in [2.45, 2.75) is 50.5 Å². The Bertz CT molecular complexity index is 247. The number of halogens is 1. The van der Waals surface area contributed by atoms with Gasteiger partial charge in [-0.25, -0.2) is 0 Å². The smallest absolute Gasteiger partial charge is 0.242 e. The van der Waals surface area contributed by atoms with E-state index in [2.05, 4.69) is 0 Å². The van der Waals surface area contributed by atoms with Gasteiger partial charge in [0.15, 0.2) is 0 Å². The molecule has 0 aromatic carbocycles. The monoisotopic (exact) mass is 246 g/mol. The van der Waals surface area contributed by atoms with E-state index >= 15 is 0 Å². The Morgan fingerprint density at radius 3 is 2.38 bits per heavy atom. The highest BCUT2D eigenvalue weighted by Gasteiger charge is 2.47. The zero-order valence-corrected chi connectivity index (χ0v) is 10.9. The third kappa shape index (κ3) is 3.11. The average molecular weight is 247 g/mol. The van der Waals surface area contributed by atoms with Crippen LogP contribution in [0.2, 0.25) is 0 Å². The highest BCUT2D eigenvalue weighted by Crippen LogP contribution is 2.34. The molecule has 0 saturated heterocycles. The van der Waals surface area contributed by atoms with Gasteiger partial charge in [0.2, 0.25) is 5.91 Å². The SMILES string of the molecule is CN(CC1CCCCC1)C(=O)C1(N)CC1.Cl. The van der Waals surface area contributed by atoms with Gasteiger partial charge in [0.25, 0.3) is 0 Å². The summed E-state index contributed by atoms with van der Waals surface area (Å²) in [4.78, 5) is 13.8. The maximum atomic E-state index is 11.9. The van der Waals surface area contributed by atoms with Crippen molar-refractivity contribution in [3.8, 4) is 0 Å². The van der Waals surface area contributed by atoms with E-state index in [-0.39, 0.29) is 18.3 Å². The molecule has 0 atom stereocenters. The lowest BCUT2D eigenvalue weighted by atomic mass is 9.89. The molecule has 1 amide bonds. The highest BCUT2D eigenvalue weighted by atomic mass is 35.5. The molecule has 0 aromatic rings. The van der Waals surface area contributed by atoms with Gasteiger partial charge in [-0.15, -0.1) is 12.4 Å². The van der Waals surface area contributed by atoms with Crippen LogP contribution in [0.4, 0.5) is 0 Å². The first-order chi connectivity index (χ1) is 7.12. The molecule has 4 heteroatoms. The summed E-state index contributed by atoms with van der Waals surface area (Å²) in [7, 11) is 1.91. The number of likely N-dealkylation sites (N-methyl/N-ethyl adjacent to an activating group) is 1. The molecule has 16 heavy (non-hydrogen) atoms. The first-order valence-corrected chi connectivity index (χ1v) is 6.16. The second-order valence-electron chi connectivity index (χ2n) is 5.35. The Morgan fingerprint density at radius 1 is 1.31 bits per heavy atom. The minimum Gasteiger partial charge on any atom is -0.344 e. The van der Waals surface area contributed by atoms with E-state index in [0.717, 1.165) is 25.3 Å². The number of nitrogens with two attached hydrogens (primary N) is 1. The molecule has 0 aromatic heterocycles. The minimum absolute atomic E-state index is 0. The Kier molecular flexibility index (Phi) is 4.62. The molecule has 2 N–H and O–H groups in total. The lowest BCUT2D eigenvalue weighted by molar-refractivity contribution is -0.133. The van der Waals surface area contributed by atoms with Gasteiger partial charge in [-0.2, -0.15) is 0 Å². The van der Waals surface area contributed by atoms with Crippen LogP contribution in [-0.4, -0.2) is 29.9 Å². The summed E-state index contributed by atoms with van der Waals surface area (Å²) in [5.41, 5.74) is 5.42. The van der Waals surface area contributed by atoms with E-state index in [1.54, 1.807) is 0 Å². The fourth-order valence-corrected chi connectivity index (χ4v) is 2.57. The summed E-state index contributed by atoms with van der Waals surface area (Å²) in [6.45, 7) is 0.914. The number of carbonyl (C=O) groups is 1. The van der Waals surface area contributed by atoms with E-state index in [9.17, 15) is 4.79 Å². The van der Waals surface area contributed by atoms with Crippen molar-refractivity contribution in [3.63, 3.8) is 0 Å². The fourth-order valence-electron chi connectivity index (χ4n) is 2.57. The van der Waals surface area contributed by atoms with Crippen molar-refractivity contribution in [2.75, 3.05) is 13.6 Å². The summed E-state index contributed by atoms with van der Waals surface area (Å²) in [5, 5.41) is 0. The predicted molar refractivity (Wildman–Crippen MR) is 67.6 cm³/mol. The Hall–Kier alpha value is -0.280. The first kappa shape index (κ1) is 13.8. The Balaban J connectivity index is 0.00000128. The average Bonchev–Trinajstić information content (AvgIpc) is 2.98. The van der Waals surface area contributed by atoms with Crippen LogP contribution >= 0.6 is 12.4 Å². The highest BCUT2D eigenvalue weighted by molar-refractivity contribution is 5.88. The van der Waals surface area contributed by atoms with Gasteiger partial charge in [-0.3, -0.25) is 4.79 Å². The van der Waals surface area contributed by atoms with Gasteiger partial charge in [0.1, 0.15) is 0 Å². The molecule has 0 unspecified atom stereocenters. The molecule has 0 heterocycles. The third-order valence-electron chi connectivity index (χ3n) is 3.82. The lowest BCUT2D eigenvalue weighted by Crippen LogP contribution is -2.45. The zero-order valence-electron chi connectivity index (χ0n) is 10.1. The van der Waals surface area contributed by atoms with Crippen molar-refractivity contribution in [1.82, 2.24) is 4.90 Å². The molecule has 2 rings (SSSR count). The molecule has 2 aliphatic rings. The molecule has 2 fully saturated rings. The van der Waals surface area contributed by atoms with Crippen LogP contribution in [0.5, 0.6) is 0 Å². The summed E-state index contributed by atoms with van der Waals surface area (Å²) in [6, 6.07) is 0. The van der Waals surface area contributed by atoms with E-state index < -0.39 is 5.54 Å². The molecule has 0 bridgehead atoms. The number of hydrogen-bond donors (Lipinski definition) is 1. The quantitative estimate of drug-likeness (QED) is 0.827. The summed E-state index contributed by atoms with van der Waals surface area (Å²) >= 11 is 0. The minimum atomic E-state index is -0.483. The van der Waals surface area contributed by atoms with E-state index in [4.69, 9.17) is 5.73 Å². The number of carbonyl (C=O) groups excluding carboxylic acids is 1. The summed E-state index contributed by atoms with van der Waals surface area (Å²) < 4.78 is 0. The van der Waals surface area contributed by atoms with E-state index in [0.29, 0.717) is 0 Å². The second kappa shape index (κ2) is 5.37. The normalized spacial score (nSPS) is 23.4. The van der Waals surface area contributed by atoms with Crippen LogP contribution in [0.15, 0.2) is 0 Å². The fraction of sp³-hybridized carbons (Fsp3) is 0.917. The molecule has 2 saturated carbocycles. The number of hydrogen-bond acceptors (Lipinski definition) is 2. The van der Waals surface area contributed by atoms with Gasteiger partial charge in [0.05, 0.1) is 5.54 Å². The maximum Gasteiger partial charge on any atom is 0.242 e. The summed E-state index contributed by atoms with van der Waals surface area (Å²) in [5.74, 6) is 0.878. The van der Waals surface area contributed by atoms with Crippen molar-refractivity contribution < 1.29 is 4.79 Å².